The van der Waals surface area contributed by atoms with E-state index in [1.807, 2.05) is 33.0 Å². The molecular weight excluding hydrogens is 434 g/mol. The Kier molecular flexibility index (Phi) is 6.18. The Hall–Kier alpha value is -1.86. The number of benzene rings is 2. The van der Waals surface area contributed by atoms with Gasteiger partial charge in [0.2, 0.25) is 0 Å². The number of rotatable bonds is 4. The molecule has 172 valence electrons. The third-order valence-corrected chi connectivity index (χ3v) is 7.99. The Morgan fingerprint density at radius 2 is 1.72 bits per heavy atom. The predicted molar refractivity (Wildman–Crippen MR) is 120 cm³/mol. The van der Waals surface area contributed by atoms with Crippen molar-refractivity contribution in [1.82, 2.24) is 4.90 Å². The molecule has 2 aromatic rings. The standard InChI is InChI=1S/C25H30ClF2N2O2/c1-16-13-30(15-31,14-17(2)25(16,32)18-4-6-19(26)7-5-18)24-12-29(3)11-22(24)21-9-8-20(27)10-23(21)28/h4-10,15-17,22,24,32H,11-14H2,1-3H3/q+1/t16-,17-,22?,24-,25?,30?/m0/s1. The normalized spacial score (nSPS) is 35.7. The first kappa shape index (κ1) is 23.3. The highest BCUT2D eigenvalue weighted by atomic mass is 35.5. The van der Waals surface area contributed by atoms with Gasteiger partial charge >= 0.3 is 6.41 Å². The van der Waals surface area contributed by atoms with Crippen molar-refractivity contribution in [2.75, 3.05) is 33.2 Å². The Morgan fingerprint density at radius 3 is 2.28 bits per heavy atom. The largest absolute Gasteiger partial charge is 0.384 e. The van der Waals surface area contributed by atoms with Gasteiger partial charge in [-0.05, 0) is 36.4 Å². The second-order valence-electron chi connectivity index (χ2n) is 9.77. The molecule has 1 unspecified atom stereocenters. The fourth-order valence-electron chi connectivity index (χ4n) is 6.19. The number of carbonyl (C=O) groups excluding carboxylic acids is 1. The number of carbonyl (C=O) groups is 1. The quantitative estimate of drug-likeness (QED) is 0.546. The summed E-state index contributed by atoms with van der Waals surface area (Å²) in [5, 5.41) is 12.4. The van der Waals surface area contributed by atoms with Gasteiger partial charge in [-0.2, -0.15) is 0 Å². The SMILES string of the molecule is C[C@H]1C[N+](C=O)([C@H]2CN(C)CC2c2ccc(F)cc2F)C[C@H](C)C1(O)c1ccc(Cl)cc1. The zero-order chi connectivity index (χ0) is 23.3. The summed E-state index contributed by atoms with van der Waals surface area (Å²) in [6.45, 7) is 6.01. The number of aliphatic hydroxyl groups is 1. The number of amides is 1. The second kappa shape index (κ2) is 8.49. The van der Waals surface area contributed by atoms with Gasteiger partial charge in [-0.15, -0.1) is 0 Å². The molecule has 0 bridgehead atoms. The lowest BCUT2D eigenvalue weighted by molar-refractivity contribution is -0.886. The maximum Gasteiger partial charge on any atom is 0.301 e. The Morgan fingerprint density at radius 1 is 1.09 bits per heavy atom. The molecule has 2 heterocycles. The van der Waals surface area contributed by atoms with E-state index in [1.165, 1.54) is 12.1 Å². The highest BCUT2D eigenvalue weighted by Crippen LogP contribution is 2.47. The monoisotopic (exact) mass is 463 g/mol. The van der Waals surface area contributed by atoms with Gasteiger partial charge in [0.25, 0.3) is 0 Å². The average Bonchev–Trinajstić information content (AvgIpc) is 3.14. The van der Waals surface area contributed by atoms with E-state index in [4.69, 9.17) is 11.6 Å². The van der Waals surface area contributed by atoms with Crippen LogP contribution < -0.4 is 0 Å². The first-order valence-corrected chi connectivity index (χ1v) is 11.4. The Balaban J connectivity index is 1.70. The number of likely N-dealkylation sites (tertiary alicyclic amines) is 2. The Labute approximate surface area is 193 Å². The molecular formula is C25H30ClF2N2O2+. The summed E-state index contributed by atoms with van der Waals surface area (Å²) in [5.74, 6) is -1.87. The lowest BCUT2D eigenvalue weighted by Gasteiger charge is -2.53. The van der Waals surface area contributed by atoms with Crippen LogP contribution in [0.1, 0.15) is 30.9 Å². The van der Waals surface area contributed by atoms with Gasteiger partial charge in [-0.25, -0.2) is 13.6 Å². The maximum atomic E-state index is 14.7. The van der Waals surface area contributed by atoms with Crippen LogP contribution >= 0.6 is 11.6 Å². The maximum absolute atomic E-state index is 14.7. The van der Waals surface area contributed by atoms with Crippen molar-refractivity contribution in [3.8, 4) is 0 Å². The number of piperidine rings is 1. The molecule has 2 fully saturated rings. The van der Waals surface area contributed by atoms with Crippen LogP contribution in [0.5, 0.6) is 0 Å². The summed E-state index contributed by atoms with van der Waals surface area (Å²) >= 11 is 6.04. The predicted octanol–water partition coefficient (Wildman–Crippen LogP) is 4.16. The molecule has 2 aliphatic heterocycles. The third kappa shape index (κ3) is 3.77. The van der Waals surface area contributed by atoms with E-state index >= 15 is 0 Å². The highest BCUT2D eigenvalue weighted by molar-refractivity contribution is 6.30. The molecule has 2 aliphatic rings. The molecule has 32 heavy (non-hydrogen) atoms. The van der Waals surface area contributed by atoms with Crippen molar-refractivity contribution < 1.29 is 23.2 Å². The summed E-state index contributed by atoms with van der Waals surface area (Å²) in [5.41, 5.74) is 0.130. The van der Waals surface area contributed by atoms with Gasteiger partial charge in [0.05, 0.1) is 25.6 Å². The number of hydrogen-bond acceptors (Lipinski definition) is 3. The average molecular weight is 464 g/mol. The summed E-state index contributed by atoms with van der Waals surface area (Å²) in [7, 11) is 1.95. The Bertz CT molecular complexity index is 988. The molecule has 0 saturated carbocycles. The van der Waals surface area contributed by atoms with Crippen molar-refractivity contribution in [2.24, 2.45) is 11.8 Å². The zero-order valence-corrected chi connectivity index (χ0v) is 19.4. The van der Waals surface area contributed by atoms with Crippen molar-refractivity contribution in [1.29, 1.82) is 0 Å². The van der Waals surface area contributed by atoms with Gasteiger partial charge in [0.1, 0.15) is 23.3 Å². The van der Waals surface area contributed by atoms with Gasteiger partial charge in [-0.1, -0.05) is 43.6 Å². The highest BCUT2D eigenvalue weighted by Gasteiger charge is 2.58. The molecule has 4 nitrogen and oxygen atoms in total. The molecule has 4 rings (SSSR count). The molecule has 1 N–H and O–H groups in total. The number of quaternary nitrogens is 1. The van der Waals surface area contributed by atoms with Gasteiger partial charge in [-0.3, -0.25) is 9.38 Å². The first-order chi connectivity index (χ1) is 15.1. The zero-order valence-electron chi connectivity index (χ0n) is 18.6. The molecule has 0 spiro atoms. The van der Waals surface area contributed by atoms with Crippen LogP contribution in [0.4, 0.5) is 8.78 Å². The van der Waals surface area contributed by atoms with Crippen LogP contribution in [0, 0.1) is 23.5 Å². The third-order valence-electron chi connectivity index (χ3n) is 7.74. The van der Waals surface area contributed by atoms with E-state index in [0.29, 0.717) is 36.8 Å². The molecule has 7 heteroatoms. The number of nitrogens with zero attached hydrogens (tertiary/aromatic N) is 2. The number of hydrogen-bond donors (Lipinski definition) is 1. The van der Waals surface area contributed by atoms with Crippen LogP contribution in [0.15, 0.2) is 42.5 Å². The molecule has 0 radical (unpaired) electrons. The van der Waals surface area contributed by atoms with Crippen molar-refractivity contribution in [3.05, 3.63) is 70.2 Å². The molecule has 0 aromatic heterocycles. The van der Waals surface area contributed by atoms with Crippen molar-refractivity contribution >= 4 is 18.0 Å². The minimum absolute atomic E-state index is 0.143. The van der Waals surface area contributed by atoms with Crippen LogP contribution in [-0.4, -0.2) is 60.2 Å². The van der Waals surface area contributed by atoms with E-state index in [2.05, 4.69) is 4.90 Å². The van der Waals surface area contributed by atoms with Crippen molar-refractivity contribution in [3.63, 3.8) is 0 Å². The number of likely N-dealkylation sites (N-methyl/N-ethyl adjacent to an activating group) is 1. The smallest absolute Gasteiger partial charge is 0.301 e. The van der Waals surface area contributed by atoms with E-state index in [0.717, 1.165) is 18.0 Å². The van der Waals surface area contributed by atoms with Crippen molar-refractivity contribution in [2.45, 2.75) is 31.4 Å². The first-order valence-electron chi connectivity index (χ1n) is 11.1. The summed E-state index contributed by atoms with van der Waals surface area (Å²) in [6.07, 6.45) is 0.979. The fourth-order valence-corrected chi connectivity index (χ4v) is 6.31. The summed E-state index contributed by atoms with van der Waals surface area (Å²) in [4.78, 5) is 14.8. The summed E-state index contributed by atoms with van der Waals surface area (Å²) < 4.78 is 28.4. The van der Waals surface area contributed by atoms with E-state index in [-0.39, 0.29) is 28.3 Å². The molecule has 0 aliphatic carbocycles. The minimum atomic E-state index is -1.10. The topological polar surface area (TPSA) is 40.5 Å². The van der Waals surface area contributed by atoms with Crippen LogP contribution in [0.3, 0.4) is 0 Å². The van der Waals surface area contributed by atoms with Gasteiger partial charge in [0.15, 0.2) is 0 Å². The van der Waals surface area contributed by atoms with Crippen LogP contribution in [0.25, 0.3) is 0 Å². The lowest BCUT2D eigenvalue weighted by atomic mass is 9.69. The molecule has 4 atom stereocenters. The molecule has 2 aromatic carbocycles. The fraction of sp³-hybridized carbons (Fsp3) is 0.480. The summed E-state index contributed by atoms with van der Waals surface area (Å²) in [6, 6.07) is 10.7. The number of halogens is 3. The van der Waals surface area contributed by atoms with E-state index in [9.17, 15) is 18.7 Å². The van der Waals surface area contributed by atoms with Crippen LogP contribution in [0.2, 0.25) is 5.02 Å². The van der Waals surface area contributed by atoms with E-state index in [1.54, 1.807) is 12.1 Å². The van der Waals surface area contributed by atoms with Gasteiger partial charge in [0, 0.05) is 29.5 Å². The minimum Gasteiger partial charge on any atom is -0.384 e. The van der Waals surface area contributed by atoms with Gasteiger partial charge < -0.3 is 5.11 Å². The molecule has 1 amide bonds. The van der Waals surface area contributed by atoms with E-state index < -0.39 is 17.2 Å². The van der Waals surface area contributed by atoms with Crippen LogP contribution in [-0.2, 0) is 10.4 Å². The lowest BCUT2D eigenvalue weighted by Crippen LogP contribution is -2.68. The molecule has 2 saturated heterocycles. The second-order valence-corrected chi connectivity index (χ2v) is 10.2.